The van der Waals surface area contributed by atoms with Gasteiger partial charge in [-0.15, -0.1) is 0 Å². The molecule has 1 aromatic heterocycles. The average Bonchev–Trinajstić information content (AvgIpc) is 2.62. The molecule has 1 heterocycles. The molecule has 0 aliphatic rings. The molecule has 2 N–H and O–H groups in total. The zero-order valence-corrected chi connectivity index (χ0v) is 10.0. The molecule has 0 aliphatic carbocycles. The summed E-state index contributed by atoms with van der Waals surface area (Å²) in [5, 5.41) is 9.60. The van der Waals surface area contributed by atoms with Crippen molar-refractivity contribution in [3.05, 3.63) is 23.0 Å². The normalized spacial score (nSPS) is 10.6. The summed E-state index contributed by atoms with van der Waals surface area (Å²) in [6, 6.07) is 2.50. The van der Waals surface area contributed by atoms with Crippen molar-refractivity contribution in [3.63, 3.8) is 0 Å². The van der Waals surface area contributed by atoms with Crippen molar-refractivity contribution in [2.24, 2.45) is 0 Å². The summed E-state index contributed by atoms with van der Waals surface area (Å²) in [6.07, 6.45) is -0.976. The van der Waals surface area contributed by atoms with Crippen LogP contribution < -0.4 is 4.74 Å². The fourth-order valence-corrected chi connectivity index (χ4v) is 1.74. The largest absolute Gasteiger partial charge is 0.515 e. The predicted octanol–water partition coefficient (Wildman–Crippen LogP) is 3.20. The summed E-state index contributed by atoms with van der Waals surface area (Å²) < 4.78 is 22.5. The summed E-state index contributed by atoms with van der Waals surface area (Å²) in [5.41, 5.74) is 0.346. The van der Waals surface area contributed by atoms with Gasteiger partial charge >= 0.3 is 6.16 Å². The number of hydrogen-bond acceptors (Lipinski definition) is 4. The van der Waals surface area contributed by atoms with E-state index in [0.717, 1.165) is 6.07 Å². The minimum Gasteiger partial charge on any atom is -0.503 e. The van der Waals surface area contributed by atoms with Crippen LogP contribution in [0, 0.1) is 5.82 Å². The number of fused-ring (bicyclic) bond motifs is 1. The van der Waals surface area contributed by atoms with Gasteiger partial charge in [-0.1, -0.05) is 11.6 Å². The number of H-pyrrole nitrogens is 1. The van der Waals surface area contributed by atoms with Gasteiger partial charge in [-0.2, -0.15) is 0 Å². The number of aromatic amines is 1. The van der Waals surface area contributed by atoms with E-state index in [9.17, 15) is 14.3 Å². The van der Waals surface area contributed by atoms with Gasteiger partial charge in [0.2, 0.25) is 5.88 Å². The van der Waals surface area contributed by atoms with E-state index in [4.69, 9.17) is 16.3 Å². The number of benzene rings is 1. The quantitative estimate of drug-likeness (QED) is 0.824. The molecule has 2 rings (SSSR count). The number of nitrogens with one attached hydrogen (secondary N) is 1. The molecular formula is C11H9ClFNO4. The summed E-state index contributed by atoms with van der Waals surface area (Å²) in [4.78, 5) is 13.7. The molecule has 1 aromatic carbocycles. The zero-order chi connectivity index (χ0) is 13.3. The van der Waals surface area contributed by atoms with Crippen LogP contribution in [0.1, 0.15) is 6.92 Å². The molecule has 18 heavy (non-hydrogen) atoms. The van der Waals surface area contributed by atoms with Crippen LogP contribution in [0.3, 0.4) is 0 Å². The first kappa shape index (κ1) is 12.5. The van der Waals surface area contributed by atoms with E-state index in [1.54, 1.807) is 6.92 Å². The maximum atomic E-state index is 13.2. The third-order valence-electron chi connectivity index (χ3n) is 2.24. The Morgan fingerprint density at radius 3 is 2.94 bits per heavy atom. The Morgan fingerprint density at radius 2 is 2.28 bits per heavy atom. The predicted molar refractivity (Wildman–Crippen MR) is 62.6 cm³/mol. The first-order chi connectivity index (χ1) is 8.54. The number of rotatable bonds is 2. The van der Waals surface area contributed by atoms with Gasteiger partial charge in [0.25, 0.3) is 0 Å². The molecule has 0 aliphatic heterocycles. The fourth-order valence-electron chi connectivity index (χ4n) is 1.49. The lowest BCUT2D eigenvalue weighted by molar-refractivity contribution is 0.102. The lowest BCUT2D eigenvalue weighted by Gasteiger charge is -2.01. The van der Waals surface area contributed by atoms with Crippen LogP contribution in [0.4, 0.5) is 9.18 Å². The third-order valence-corrected chi connectivity index (χ3v) is 2.61. The van der Waals surface area contributed by atoms with Gasteiger partial charge in [0.15, 0.2) is 5.75 Å². The number of aromatic nitrogens is 1. The van der Waals surface area contributed by atoms with Gasteiger partial charge in [0.05, 0.1) is 22.5 Å². The Balaban J connectivity index is 2.45. The topological polar surface area (TPSA) is 71.5 Å². The number of carbonyl (C=O) groups excluding carboxylic acids is 1. The number of aromatic hydroxyl groups is 1. The Morgan fingerprint density at radius 1 is 1.56 bits per heavy atom. The summed E-state index contributed by atoms with van der Waals surface area (Å²) in [7, 11) is 0. The Hall–Kier alpha value is -1.95. The van der Waals surface area contributed by atoms with Crippen LogP contribution in [-0.4, -0.2) is 22.9 Å². The lowest BCUT2D eigenvalue weighted by atomic mass is 10.2. The highest BCUT2D eigenvalue weighted by Gasteiger charge is 2.19. The van der Waals surface area contributed by atoms with E-state index >= 15 is 0 Å². The van der Waals surface area contributed by atoms with E-state index in [1.807, 2.05) is 0 Å². The molecule has 5 nitrogen and oxygen atoms in total. The SMILES string of the molecule is CCOC(=O)Oc1[nH]c2ccc(F)c(Cl)c2c1O. The van der Waals surface area contributed by atoms with Crippen LogP contribution in [-0.2, 0) is 4.74 Å². The third kappa shape index (κ3) is 2.06. The van der Waals surface area contributed by atoms with Gasteiger partial charge in [-0.05, 0) is 19.1 Å². The number of ether oxygens (including phenoxy) is 2. The highest BCUT2D eigenvalue weighted by molar-refractivity contribution is 6.36. The van der Waals surface area contributed by atoms with Crippen molar-refractivity contribution < 1.29 is 23.8 Å². The number of halogens is 2. The molecule has 0 spiro atoms. The minimum atomic E-state index is -0.976. The highest BCUT2D eigenvalue weighted by atomic mass is 35.5. The molecule has 0 saturated heterocycles. The van der Waals surface area contributed by atoms with E-state index in [0.29, 0.717) is 5.52 Å². The first-order valence-corrected chi connectivity index (χ1v) is 5.45. The average molecular weight is 274 g/mol. The Bertz CT molecular complexity index is 611. The molecule has 96 valence electrons. The smallest absolute Gasteiger partial charge is 0.503 e. The number of hydrogen-bond donors (Lipinski definition) is 2. The van der Waals surface area contributed by atoms with Crippen LogP contribution in [0.5, 0.6) is 11.6 Å². The molecule has 0 saturated carbocycles. The van der Waals surface area contributed by atoms with Crippen molar-refractivity contribution in [1.29, 1.82) is 0 Å². The van der Waals surface area contributed by atoms with Crippen LogP contribution in [0.2, 0.25) is 5.02 Å². The molecule has 0 unspecified atom stereocenters. The standard InChI is InChI=1S/C11H9ClFNO4/c1-2-17-11(16)18-10-9(15)7-6(14-10)4-3-5(13)8(7)12/h3-4,14-15H,2H2,1H3. The lowest BCUT2D eigenvalue weighted by Crippen LogP contribution is -2.10. The molecule has 0 fully saturated rings. The zero-order valence-electron chi connectivity index (χ0n) is 9.29. The van der Waals surface area contributed by atoms with Crippen LogP contribution in [0.25, 0.3) is 10.9 Å². The molecule has 0 radical (unpaired) electrons. The van der Waals surface area contributed by atoms with Gasteiger partial charge in [0.1, 0.15) is 5.82 Å². The second kappa shape index (κ2) is 4.73. The Labute approximate surface area is 106 Å². The molecular weight excluding hydrogens is 265 g/mol. The van der Waals surface area contributed by atoms with Crippen molar-refractivity contribution in [2.45, 2.75) is 6.92 Å². The second-order valence-electron chi connectivity index (χ2n) is 3.37. The highest BCUT2D eigenvalue weighted by Crippen LogP contribution is 2.40. The van der Waals surface area contributed by atoms with E-state index in [2.05, 4.69) is 9.72 Å². The fraction of sp³-hybridized carbons (Fsp3) is 0.182. The second-order valence-corrected chi connectivity index (χ2v) is 3.75. The van der Waals surface area contributed by atoms with Gasteiger partial charge < -0.3 is 19.6 Å². The van der Waals surface area contributed by atoms with Crippen molar-refractivity contribution >= 4 is 28.7 Å². The molecule has 0 atom stereocenters. The van der Waals surface area contributed by atoms with Gasteiger partial charge in [-0.3, -0.25) is 0 Å². The van der Waals surface area contributed by atoms with E-state index in [1.165, 1.54) is 6.07 Å². The molecule has 0 bridgehead atoms. The Kier molecular flexibility index (Phi) is 3.29. The van der Waals surface area contributed by atoms with Crippen LogP contribution in [0.15, 0.2) is 12.1 Å². The van der Waals surface area contributed by atoms with Gasteiger partial charge in [0, 0.05) is 0 Å². The maximum absolute atomic E-state index is 13.2. The number of carbonyl (C=O) groups is 1. The van der Waals surface area contributed by atoms with Crippen LogP contribution >= 0.6 is 11.6 Å². The van der Waals surface area contributed by atoms with Crippen molar-refractivity contribution in [3.8, 4) is 11.6 Å². The minimum absolute atomic E-state index is 0.0518. The summed E-state index contributed by atoms with van der Waals surface area (Å²) >= 11 is 5.72. The summed E-state index contributed by atoms with van der Waals surface area (Å²) in [6.45, 7) is 1.74. The van der Waals surface area contributed by atoms with E-state index < -0.39 is 17.7 Å². The maximum Gasteiger partial charge on any atom is 0.515 e. The first-order valence-electron chi connectivity index (χ1n) is 5.07. The molecule has 2 aromatic rings. The van der Waals surface area contributed by atoms with Gasteiger partial charge in [-0.25, -0.2) is 9.18 Å². The molecule has 0 amide bonds. The van der Waals surface area contributed by atoms with Crippen molar-refractivity contribution in [2.75, 3.05) is 6.61 Å². The summed E-state index contributed by atoms with van der Waals surface area (Å²) in [5.74, 6) is -1.36. The molecule has 7 heteroatoms. The van der Waals surface area contributed by atoms with E-state index in [-0.39, 0.29) is 22.9 Å². The monoisotopic (exact) mass is 273 g/mol. The van der Waals surface area contributed by atoms with Crippen molar-refractivity contribution in [1.82, 2.24) is 4.98 Å².